The summed E-state index contributed by atoms with van der Waals surface area (Å²) in [5, 5.41) is 0. The van der Waals surface area contributed by atoms with Gasteiger partial charge in [-0.3, -0.25) is 4.79 Å². The number of carbonyl (C=O) groups excluding carboxylic acids is 1. The van der Waals surface area contributed by atoms with Gasteiger partial charge in [-0.05, 0) is 40.5 Å². The zero-order chi connectivity index (χ0) is 14.7. The molecule has 0 aliphatic carbocycles. The summed E-state index contributed by atoms with van der Waals surface area (Å²) >= 11 is 0. The van der Waals surface area contributed by atoms with E-state index < -0.39 is 0 Å². The van der Waals surface area contributed by atoms with Gasteiger partial charge in [-0.2, -0.15) is 0 Å². The summed E-state index contributed by atoms with van der Waals surface area (Å²) in [6.07, 6.45) is 2.32. The Morgan fingerprint density at radius 3 is 2.26 bits per heavy atom. The largest absolute Gasteiger partial charge is 0.486 e. The summed E-state index contributed by atoms with van der Waals surface area (Å²) in [4.78, 5) is 11.3. The monoisotopic (exact) mass is 268 g/mol. The standard InChI is InChI=1S/C14H25BO4/c1-7-17-12(16)10-11(2)8-9-15-18-13(3,4)14(5,6)19-15/h8-9,11H,7,10H2,1-6H3/b9-8+/t11-/m1/s1. The first kappa shape index (κ1) is 16.2. The van der Waals surface area contributed by atoms with Gasteiger partial charge in [0.1, 0.15) is 0 Å². The van der Waals surface area contributed by atoms with Crippen LogP contribution >= 0.6 is 0 Å². The predicted molar refractivity (Wildman–Crippen MR) is 75.6 cm³/mol. The van der Waals surface area contributed by atoms with Crippen LogP contribution in [0.3, 0.4) is 0 Å². The maximum absolute atomic E-state index is 11.3. The van der Waals surface area contributed by atoms with E-state index in [9.17, 15) is 4.79 Å². The first-order chi connectivity index (χ1) is 8.68. The molecule has 0 aromatic heterocycles. The molecule has 19 heavy (non-hydrogen) atoms. The van der Waals surface area contributed by atoms with Crippen molar-refractivity contribution in [3.8, 4) is 0 Å². The number of rotatable bonds is 5. The van der Waals surface area contributed by atoms with Crippen molar-refractivity contribution in [2.45, 2.75) is 59.2 Å². The van der Waals surface area contributed by atoms with Crippen LogP contribution in [0.4, 0.5) is 0 Å². The van der Waals surface area contributed by atoms with Gasteiger partial charge >= 0.3 is 13.1 Å². The maximum atomic E-state index is 11.3. The third-order valence-electron chi connectivity index (χ3n) is 3.66. The minimum atomic E-state index is -0.352. The van der Waals surface area contributed by atoms with Crippen LogP contribution in [0.2, 0.25) is 0 Å². The quantitative estimate of drug-likeness (QED) is 0.568. The molecule has 5 heteroatoms. The Hall–Kier alpha value is -0.805. The number of hydrogen-bond donors (Lipinski definition) is 0. The van der Waals surface area contributed by atoms with Crippen molar-refractivity contribution in [3.05, 3.63) is 12.1 Å². The average molecular weight is 268 g/mol. The molecule has 0 spiro atoms. The summed E-state index contributed by atoms with van der Waals surface area (Å²) in [7, 11) is -0.352. The van der Waals surface area contributed by atoms with Crippen molar-refractivity contribution in [3.63, 3.8) is 0 Å². The molecule has 1 heterocycles. The normalized spacial score (nSPS) is 22.7. The summed E-state index contributed by atoms with van der Waals surface area (Å²) in [5.41, 5.74) is -0.654. The highest BCUT2D eigenvalue weighted by Crippen LogP contribution is 2.36. The molecule has 0 aromatic rings. The smallest absolute Gasteiger partial charge is 0.466 e. The number of allylic oxidation sites excluding steroid dienone is 1. The molecule has 1 rings (SSSR count). The average Bonchev–Trinajstić information content (AvgIpc) is 2.45. The van der Waals surface area contributed by atoms with Crippen molar-refractivity contribution >= 4 is 13.1 Å². The Morgan fingerprint density at radius 1 is 1.26 bits per heavy atom. The summed E-state index contributed by atoms with van der Waals surface area (Å²) in [6.45, 7) is 12.3. The third-order valence-corrected chi connectivity index (χ3v) is 3.66. The van der Waals surface area contributed by atoms with E-state index in [1.54, 1.807) is 0 Å². The van der Waals surface area contributed by atoms with Gasteiger partial charge < -0.3 is 14.0 Å². The Balaban J connectivity index is 2.48. The fourth-order valence-electron chi connectivity index (χ4n) is 1.80. The summed E-state index contributed by atoms with van der Waals surface area (Å²) in [5.74, 6) is 1.81. The lowest BCUT2D eigenvalue weighted by Crippen LogP contribution is -2.41. The maximum Gasteiger partial charge on any atom is 0.486 e. The number of ether oxygens (including phenoxy) is 1. The van der Waals surface area contributed by atoms with E-state index in [-0.39, 0.29) is 30.2 Å². The zero-order valence-electron chi connectivity index (χ0n) is 12.9. The Kier molecular flexibility index (Phi) is 5.22. The van der Waals surface area contributed by atoms with Gasteiger partial charge in [0.25, 0.3) is 0 Å². The molecular formula is C14H25BO4. The second-order valence-corrected chi connectivity index (χ2v) is 6.00. The van der Waals surface area contributed by atoms with Gasteiger partial charge in [0, 0.05) is 0 Å². The Bertz CT molecular complexity index is 333. The molecule has 0 radical (unpaired) electrons. The molecule has 0 saturated carbocycles. The lowest BCUT2D eigenvalue weighted by molar-refractivity contribution is -0.143. The van der Waals surface area contributed by atoms with E-state index in [1.165, 1.54) is 0 Å². The highest BCUT2D eigenvalue weighted by molar-refractivity contribution is 6.51. The minimum absolute atomic E-state index is 0.109. The van der Waals surface area contributed by atoms with E-state index in [0.717, 1.165) is 0 Å². The topological polar surface area (TPSA) is 44.8 Å². The van der Waals surface area contributed by atoms with E-state index >= 15 is 0 Å². The molecule has 108 valence electrons. The van der Waals surface area contributed by atoms with Crippen LogP contribution in [-0.4, -0.2) is 30.9 Å². The van der Waals surface area contributed by atoms with Gasteiger partial charge in [-0.1, -0.05) is 19.0 Å². The summed E-state index contributed by atoms with van der Waals surface area (Å²) < 4.78 is 16.6. The van der Waals surface area contributed by atoms with Gasteiger partial charge in [0.15, 0.2) is 0 Å². The van der Waals surface area contributed by atoms with Crippen molar-refractivity contribution in [1.29, 1.82) is 0 Å². The predicted octanol–water partition coefficient (Wildman–Crippen LogP) is 2.76. The van der Waals surface area contributed by atoms with Gasteiger partial charge in [-0.25, -0.2) is 0 Å². The van der Waals surface area contributed by atoms with Crippen LogP contribution in [0, 0.1) is 5.92 Å². The van der Waals surface area contributed by atoms with E-state index in [0.29, 0.717) is 13.0 Å². The fraction of sp³-hybridized carbons (Fsp3) is 0.786. The minimum Gasteiger partial charge on any atom is -0.466 e. The molecule has 0 aromatic carbocycles. The molecule has 1 saturated heterocycles. The van der Waals surface area contributed by atoms with E-state index in [2.05, 4.69) is 0 Å². The zero-order valence-corrected chi connectivity index (χ0v) is 12.9. The second-order valence-electron chi connectivity index (χ2n) is 6.00. The van der Waals surface area contributed by atoms with Crippen LogP contribution in [0.5, 0.6) is 0 Å². The molecule has 0 unspecified atom stereocenters. The van der Waals surface area contributed by atoms with Crippen LogP contribution in [-0.2, 0) is 18.8 Å². The lowest BCUT2D eigenvalue weighted by Gasteiger charge is -2.32. The van der Waals surface area contributed by atoms with Gasteiger partial charge in [-0.15, -0.1) is 0 Å². The molecular weight excluding hydrogens is 243 g/mol. The highest BCUT2D eigenvalue weighted by Gasteiger charge is 2.49. The first-order valence-electron chi connectivity index (χ1n) is 6.87. The van der Waals surface area contributed by atoms with E-state index in [4.69, 9.17) is 14.0 Å². The highest BCUT2D eigenvalue weighted by atomic mass is 16.7. The number of carbonyl (C=O) groups is 1. The molecule has 1 aliphatic rings. The van der Waals surface area contributed by atoms with E-state index in [1.807, 2.05) is 53.6 Å². The van der Waals surface area contributed by atoms with Crippen molar-refractivity contribution in [2.75, 3.05) is 6.61 Å². The molecule has 1 fully saturated rings. The van der Waals surface area contributed by atoms with Gasteiger partial charge in [0.05, 0.1) is 24.2 Å². The SMILES string of the molecule is CCOC(=O)C[C@H](C)/C=C/B1OC(C)(C)C(C)(C)O1. The molecule has 0 bridgehead atoms. The third kappa shape index (κ3) is 4.35. The molecule has 1 aliphatic heterocycles. The second kappa shape index (κ2) is 6.10. The molecule has 4 nitrogen and oxygen atoms in total. The van der Waals surface area contributed by atoms with Gasteiger partial charge in [0.2, 0.25) is 0 Å². The van der Waals surface area contributed by atoms with Crippen LogP contribution in [0.25, 0.3) is 0 Å². The van der Waals surface area contributed by atoms with Crippen molar-refractivity contribution in [2.24, 2.45) is 5.92 Å². The number of esters is 1. The van der Waals surface area contributed by atoms with Crippen LogP contribution in [0.15, 0.2) is 12.1 Å². The lowest BCUT2D eigenvalue weighted by atomic mass is 9.88. The van der Waals surface area contributed by atoms with Crippen molar-refractivity contribution in [1.82, 2.24) is 0 Å². The molecule has 1 atom stereocenters. The number of hydrogen-bond acceptors (Lipinski definition) is 4. The van der Waals surface area contributed by atoms with Crippen LogP contribution < -0.4 is 0 Å². The Labute approximate surface area is 116 Å². The first-order valence-corrected chi connectivity index (χ1v) is 6.87. The molecule has 0 amide bonds. The van der Waals surface area contributed by atoms with Crippen molar-refractivity contribution < 1.29 is 18.8 Å². The van der Waals surface area contributed by atoms with Crippen LogP contribution in [0.1, 0.15) is 48.0 Å². The molecule has 0 N–H and O–H groups in total. The fourth-order valence-corrected chi connectivity index (χ4v) is 1.80. The summed E-state index contributed by atoms with van der Waals surface area (Å²) in [6, 6.07) is 0. The Morgan fingerprint density at radius 2 is 1.79 bits per heavy atom.